The van der Waals surface area contributed by atoms with Gasteiger partial charge in [0.05, 0.1) is 18.8 Å². The number of nitrogens with zero attached hydrogens (tertiary/aromatic N) is 3. The van der Waals surface area contributed by atoms with E-state index in [-0.39, 0.29) is 5.91 Å². The molecule has 0 radical (unpaired) electrons. The van der Waals surface area contributed by atoms with Gasteiger partial charge in [-0.1, -0.05) is 5.21 Å². The molecule has 0 atom stereocenters. The normalized spacial score (nSPS) is 24.7. The number of carbonyl (C=O) groups is 1. The van der Waals surface area contributed by atoms with E-state index >= 15 is 0 Å². The molecule has 1 saturated carbocycles. The average Bonchev–Trinajstić information content (AvgIpc) is 2.57. The third kappa shape index (κ3) is 2.33. The summed E-state index contributed by atoms with van der Waals surface area (Å²) in [5.41, 5.74) is 6.48. The van der Waals surface area contributed by atoms with Crippen LogP contribution in [0.2, 0.25) is 0 Å². The maximum atomic E-state index is 10.7. The van der Waals surface area contributed by atoms with Crippen LogP contribution >= 0.6 is 0 Å². The zero-order valence-electron chi connectivity index (χ0n) is 8.68. The third-order valence-electron chi connectivity index (χ3n) is 2.60. The van der Waals surface area contributed by atoms with E-state index < -0.39 is 0 Å². The maximum absolute atomic E-state index is 10.7. The number of nitrogens with one attached hydrogen (secondary N) is 1. The van der Waals surface area contributed by atoms with Crippen LogP contribution in [0.15, 0.2) is 6.20 Å². The van der Waals surface area contributed by atoms with Crippen LogP contribution in [0.3, 0.4) is 0 Å². The van der Waals surface area contributed by atoms with Crippen LogP contribution in [-0.4, -0.2) is 26.9 Å². The van der Waals surface area contributed by atoms with E-state index in [1.54, 1.807) is 0 Å². The molecule has 1 aliphatic carbocycles. The predicted octanol–water partition coefficient (Wildman–Crippen LogP) is -0.424. The summed E-state index contributed by atoms with van der Waals surface area (Å²) < 4.78 is 1.83. The SMILES string of the molecule is CC(=O)NCc1cn(C2CC(N)C2)nn1. The fourth-order valence-electron chi connectivity index (χ4n) is 1.63. The number of hydrogen-bond acceptors (Lipinski definition) is 4. The zero-order chi connectivity index (χ0) is 10.8. The van der Waals surface area contributed by atoms with Gasteiger partial charge >= 0.3 is 0 Å². The number of aromatic nitrogens is 3. The smallest absolute Gasteiger partial charge is 0.217 e. The minimum Gasteiger partial charge on any atom is -0.351 e. The van der Waals surface area contributed by atoms with Crippen molar-refractivity contribution < 1.29 is 4.79 Å². The van der Waals surface area contributed by atoms with Gasteiger partial charge in [-0.05, 0) is 12.8 Å². The molecule has 0 spiro atoms. The Morgan fingerprint density at radius 1 is 1.73 bits per heavy atom. The monoisotopic (exact) mass is 209 g/mol. The topological polar surface area (TPSA) is 85.8 Å². The second kappa shape index (κ2) is 3.98. The molecule has 0 aromatic carbocycles. The Labute approximate surface area is 87.8 Å². The van der Waals surface area contributed by atoms with Gasteiger partial charge in [0.25, 0.3) is 0 Å². The Morgan fingerprint density at radius 2 is 2.47 bits per heavy atom. The Morgan fingerprint density at radius 3 is 3.07 bits per heavy atom. The summed E-state index contributed by atoms with van der Waals surface area (Å²) in [7, 11) is 0. The Hall–Kier alpha value is -1.43. The summed E-state index contributed by atoms with van der Waals surface area (Å²) >= 11 is 0. The van der Waals surface area contributed by atoms with E-state index in [1.807, 2.05) is 10.9 Å². The van der Waals surface area contributed by atoms with Gasteiger partial charge in [0.15, 0.2) is 0 Å². The van der Waals surface area contributed by atoms with Gasteiger partial charge in [-0.15, -0.1) is 5.10 Å². The van der Waals surface area contributed by atoms with E-state index in [2.05, 4.69) is 15.6 Å². The summed E-state index contributed by atoms with van der Waals surface area (Å²) in [5, 5.41) is 10.7. The Bertz CT molecular complexity index is 355. The molecule has 1 heterocycles. The molecule has 1 aromatic rings. The van der Waals surface area contributed by atoms with Crippen molar-refractivity contribution in [2.75, 3.05) is 0 Å². The van der Waals surface area contributed by atoms with Crippen molar-refractivity contribution in [2.45, 2.75) is 38.4 Å². The second-order valence-electron chi connectivity index (χ2n) is 3.98. The van der Waals surface area contributed by atoms with Crippen LogP contribution in [0.4, 0.5) is 0 Å². The number of nitrogens with two attached hydrogens (primary N) is 1. The summed E-state index contributed by atoms with van der Waals surface area (Å²) in [5.74, 6) is -0.0600. The molecule has 1 fully saturated rings. The number of rotatable bonds is 3. The van der Waals surface area contributed by atoms with Crippen molar-refractivity contribution in [2.24, 2.45) is 5.73 Å². The molecule has 0 saturated heterocycles. The van der Waals surface area contributed by atoms with Crippen LogP contribution in [0.5, 0.6) is 0 Å². The lowest BCUT2D eigenvalue weighted by atomic mass is 9.88. The van der Waals surface area contributed by atoms with Crippen LogP contribution in [0.1, 0.15) is 31.5 Å². The van der Waals surface area contributed by atoms with Crippen LogP contribution < -0.4 is 11.1 Å². The van der Waals surface area contributed by atoms with E-state index in [1.165, 1.54) is 6.92 Å². The first-order valence-corrected chi connectivity index (χ1v) is 5.06. The second-order valence-corrected chi connectivity index (χ2v) is 3.98. The van der Waals surface area contributed by atoms with Gasteiger partial charge in [0.2, 0.25) is 5.91 Å². The largest absolute Gasteiger partial charge is 0.351 e. The highest BCUT2D eigenvalue weighted by atomic mass is 16.1. The maximum Gasteiger partial charge on any atom is 0.217 e. The molecule has 1 aromatic heterocycles. The van der Waals surface area contributed by atoms with E-state index in [0.29, 0.717) is 18.6 Å². The van der Waals surface area contributed by atoms with Crippen LogP contribution in [0.25, 0.3) is 0 Å². The van der Waals surface area contributed by atoms with Gasteiger partial charge in [-0.2, -0.15) is 0 Å². The number of amides is 1. The van der Waals surface area contributed by atoms with Gasteiger partial charge in [0.1, 0.15) is 5.69 Å². The lowest BCUT2D eigenvalue weighted by molar-refractivity contribution is -0.119. The van der Waals surface area contributed by atoms with Crippen LogP contribution in [-0.2, 0) is 11.3 Å². The van der Waals surface area contributed by atoms with Crippen LogP contribution in [0, 0.1) is 0 Å². The first kappa shape index (κ1) is 10.1. The average molecular weight is 209 g/mol. The quantitative estimate of drug-likeness (QED) is 0.707. The number of hydrogen-bond donors (Lipinski definition) is 2. The third-order valence-corrected chi connectivity index (χ3v) is 2.60. The fraction of sp³-hybridized carbons (Fsp3) is 0.667. The van der Waals surface area contributed by atoms with Gasteiger partial charge < -0.3 is 11.1 Å². The van der Waals surface area contributed by atoms with E-state index in [4.69, 9.17) is 5.73 Å². The first-order valence-electron chi connectivity index (χ1n) is 5.06. The molecule has 3 N–H and O–H groups in total. The molecule has 0 unspecified atom stereocenters. The first-order chi connectivity index (χ1) is 7.15. The number of carbonyl (C=O) groups excluding carboxylic acids is 1. The van der Waals surface area contributed by atoms with E-state index in [9.17, 15) is 4.79 Å². The molecular weight excluding hydrogens is 194 g/mol. The Balaban J connectivity index is 1.89. The zero-order valence-corrected chi connectivity index (χ0v) is 8.68. The highest BCUT2D eigenvalue weighted by Crippen LogP contribution is 2.29. The minimum atomic E-state index is -0.0600. The molecule has 0 bridgehead atoms. The fourth-order valence-corrected chi connectivity index (χ4v) is 1.63. The molecule has 2 rings (SSSR count). The molecule has 0 aliphatic heterocycles. The molecule has 1 amide bonds. The molecule has 1 aliphatic rings. The van der Waals surface area contributed by atoms with Crippen molar-refractivity contribution in [3.63, 3.8) is 0 Å². The highest BCUT2D eigenvalue weighted by Gasteiger charge is 2.28. The minimum absolute atomic E-state index is 0.0600. The molecule has 6 heteroatoms. The van der Waals surface area contributed by atoms with Crippen molar-refractivity contribution >= 4 is 5.91 Å². The van der Waals surface area contributed by atoms with Gasteiger partial charge in [0, 0.05) is 13.0 Å². The van der Waals surface area contributed by atoms with E-state index in [0.717, 1.165) is 18.5 Å². The Kier molecular flexibility index (Phi) is 2.68. The van der Waals surface area contributed by atoms with Crippen molar-refractivity contribution in [3.8, 4) is 0 Å². The molecule has 6 nitrogen and oxygen atoms in total. The molecular formula is C9H15N5O. The van der Waals surface area contributed by atoms with Crippen molar-refractivity contribution in [1.29, 1.82) is 0 Å². The lowest BCUT2D eigenvalue weighted by Gasteiger charge is -2.31. The van der Waals surface area contributed by atoms with Crippen molar-refractivity contribution in [1.82, 2.24) is 20.3 Å². The summed E-state index contributed by atoms with van der Waals surface area (Å²) in [6, 6.07) is 0.691. The standard InChI is InChI=1S/C9H15N5O/c1-6(15)11-4-8-5-14(13-12-8)9-2-7(10)3-9/h5,7,9H,2-4,10H2,1H3,(H,11,15). The lowest BCUT2D eigenvalue weighted by Crippen LogP contribution is -2.37. The molecule has 15 heavy (non-hydrogen) atoms. The predicted molar refractivity (Wildman–Crippen MR) is 53.8 cm³/mol. The van der Waals surface area contributed by atoms with Gasteiger partial charge in [-0.3, -0.25) is 4.79 Å². The highest BCUT2D eigenvalue weighted by molar-refractivity contribution is 5.72. The van der Waals surface area contributed by atoms with Crippen molar-refractivity contribution in [3.05, 3.63) is 11.9 Å². The summed E-state index contributed by atoms with van der Waals surface area (Å²) in [6.07, 6.45) is 3.79. The summed E-state index contributed by atoms with van der Waals surface area (Å²) in [4.78, 5) is 10.7. The van der Waals surface area contributed by atoms with Gasteiger partial charge in [-0.25, -0.2) is 4.68 Å². The molecule has 82 valence electrons. The summed E-state index contributed by atoms with van der Waals surface area (Å²) in [6.45, 7) is 1.92.